The molecule has 248 valence electrons. The SMILES string of the molecule is OCCCCCCCCCCCCCCCCCCCCNCCCCCCCCCCCCCCCCCCO. The van der Waals surface area contributed by atoms with Gasteiger partial charge in [-0.15, -0.1) is 0 Å². The summed E-state index contributed by atoms with van der Waals surface area (Å²) >= 11 is 0. The summed E-state index contributed by atoms with van der Waals surface area (Å²) in [5.74, 6) is 0. The maximum absolute atomic E-state index is 8.79. The van der Waals surface area contributed by atoms with Crippen molar-refractivity contribution in [2.45, 2.75) is 218 Å². The number of unbranched alkanes of at least 4 members (excludes halogenated alkanes) is 32. The molecule has 0 aliphatic rings. The predicted octanol–water partition coefficient (Wildman–Crippen LogP) is 11.8. The highest BCUT2D eigenvalue weighted by Gasteiger charge is 1.97. The smallest absolute Gasteiger partial charge is 0.0431 e. The van der Waals surface area contributed by atoms with Gasteiger partial charge in [0.05, 0.1) is 0 Å². The molecule has 0 aromatic rings. The van der Waals surface area contributed by atoms with Crippen LogP contribution in [0.5, 0.6) is 0 Å². The van der Waals surface area contributed by atoms with Crippen LogP contribution in [0.25, 0.3) is 0 Å². The molecule has 0 spiro atoms. The second kappa shape index (κ2) is 39.9. The normalized spacial score (nSPS) is 11.6. The van der Waals surface area contributed by atoms with E-state index in [1.165, 1.54) is 219 Å². The molecule has 0 aromatic heterocycles. The maximum atomic E-state index is 8.79. The minimum Gasteiger partial charge on any atom is -0.396 e. The number of hydrogen-bond donors (Lipinski definition) is 3. The van der Waals surface area contributed by atoms with E-state index >= 15 is 0 Å². The average molecular weight is 582 g/mol. The summed E-state index contributed by atoms with van der Waals surface area (Å²) in [7, 11) is 0. The van der Waals surface area contributed by atoms with Crippen LogP contribution in [0, 0.1) is 0 Å². The Kier molecular flexibility index (Phi) is 39.8. The maximum Gasteiger partial charge on any atom is 0.0431 e. The van der Waals surface area contributed by atoms with Crippen LogP contribution in [0.3, 0.4) is 0 Å². The predicted molar refractivity (Wildman–Crippen MR) is 184 cm³/mol. The van der Waals surface area contributed by atoms with Crippen LogP contribution < -0.4 is 5.32 Å². The Hall–Kier alpha value is -0.120. The first-order chi connectivity index (χ1) is 20.4. The fraction of sp³-hybridized carbons (Fsp3) is 1.00. The van der Waals surface area contributed by atoms with E-state index in [1.54, 1.807) is 0 Å². The Bertz CT molecular complexity index is 392. The van der Waals surface area contributed by atoms with Crippen molar-refractivity contribution < 1.29 is 10.2 Å². The van der Waals surface area contributed by atoms with Gasteiger partial charge in [0.25, 0.3) is 0 Å². The zero-order chi connectivity index (χ0) is 29.6. The van der Waals surface area contributed by atoms with Crippen LogP contribution in [0.1, 0.15) is 218 Å². The van der Waals surface area contributed by atoms with Gasteiger partial charge in [0.15, 0.2) is 0 Å². The quantitative estimate of drug-likeness (QED) is 0.0635. The lowest BCUT2D eigenvalue weighted by atomic mass is 10.0. The minimum atomic E-state index is 0.369. The summed E-state index contributed by atoms with van der Waals surface area (Å²) in [6.07, 6.45) is 47.0. The lowest BCUT2D eigenvalue weighted by Gasteiger charge is -2.06. The minimum absolute atomic E-state index is 0.369. The van der Waals surface area contributed by atoms with Crippen molar-refractivity contribution in [1.29, 1.82) is 0 Å². The van der Waals surface area contributed by atoms with Crippen LogP contribution in [-0.2, 0) is 0 Å². The molecule has 3 heteroatoms. The third-order valence-electron chi connectivity index (χ3n) is 9.02. The summed E-state index contributed by atoms with van der Waals surface area (Å²) < 4.78 is 0. The zero-order valence-corrected chi connectivity index (χ0v) is 28.3. The number of nitrogens with one attached hydrogen (secondary N) is 1. The molecule has 0 fully saturated rings. The highest BCUT2D eigenvalue weighted by molar-refractivity contribution is 4.54. The Labute approximate surface area is 259 Å². The molecule has 0 rings (SSSR count). The highest BCUT2D eigenvalue weighted by atomic mass is 16.3. The van der Waals surface area contributed by atoms with E-state index < -0.39 is 0 Å². The first kappa shape index (κ1) is 40.9. The van der Waals surface area contributed by atoms with Crippen LogP contribution in [0.4, 0.5) is 0 Å². The molecule has 0 saturated carbocycles. The molecule has 0 aliphatic heterocycles. The van der Waals surface area contributed by atoms with E-state index in [0.29, 0.717) is 13.2 Å². The van der Waals surface area contributed by atoms with Gasteiger partial charge in [-0.3, -0.25) is 0 Å². The van der Waals surface area contributed by atoms with Crippen LogP contribution >= 0.6 is 0 Å². The molecule has 0 atom stereocenters. The molecule has 0 unspecified atom stereocenters. The number of aliphatic hydroxyl groups is 2. The lowest BCUT2D eigenvalue weighted by Crippen LogP contribution is -2.16. The van der Waals surface area contributed by atoms with E-state index in [2.05, 4.69) is 5.32 Å². The van der Waals surface area contributed by atoms with Crippen molar-refractivity contribution in [2.75, 3.05) is 26.3 Å². The van der Waals surface area contributed by atoms with Crippen molar-refractivity contribution in [2.24, 2.45) is 0 Å². The van der Waals surface area contributed by atoms with Crippen molar-refractivity contribution in [1.82, 2.24) is 5.32 Å². The number of hydrogen-bond acceptors (Lipinski definition) is 3. The van der Waals surface area contributed by atoms with Gasteiger partial charge in [-0.1, -0.05) is 193 Å². The van der Waals surface area contributed by atoms with Gasteiger partial charge < -0.3 is 15.5 Å². The summed E-state index contributed by atoms with van der Waals surface area (Å²) in [5.41, 5.74) is 0. The molecule has 41 heavy (non-hydrogen) atoms. The Morgan fingerprint density at radius 3 is 0.512 bits per heavy atom. The summed E-state index contributed by atoms with van der Waals surface area (Å²) in [6.45, 7) is 3.20. The molecule has 0 heterocycles. The van der Waals surface area contributed by atoms with Gasteiger partial charge in [0.2, 0.25) is 0 Å². The van der Waals surface area contributed by atoms with Crippen molar-refractivity contribution in [3.05, 3.63) is 0 Å². The topological polar surface area (TPSA) is 52.5 Å². The molecule has 3 N–H and O–H groups in total. The van der Waals surface area contributed by atoms with Crippen molar-refractivity contribution in [3.63, 3.8) is 0 Å². The highest BCUT2D eigenvalue weighted by Crippen LogP contribution is 2.15. The zero-order valence-electron chi connectivity index (χ0n) is 28.3. The Morgan fingerprint density at radius 2 is 0.341 bits per heavy atom. The third-order valence-corrected chi connectivity index (χ3v) is 9.02. The van der Waals surface area contributed by atoms with Crippen LogP contribution in [0.15, 0.2) is 0 Å². The molecular weight excluding hydrogens is 502 g/mol. The lowest BCUT2D eigenvalue weighted by molar-refractivity contribution is 0.282. The first-order valence-corrected chi connectivity index (χ1v) is 19.3. The van der Waals surface area contributed by atoms with Crippen LogP contribution in [0.2, 0.25) is 0 Å². The number of rotatable bonds is 38. The molecule has 0 radical (unpaired) electrons. The van der Waals surface area contributed by atoms with E-state index in [1.807, 2.05) is 0 Å². The monoisotopic (exact) mass is 582 g/mol. The second-order valence-electron chi connectivity index (χ2n) is 13.2. The van der Waals surface area contributed by atoms with E-state index in [-0.39, 0.29) is 0 Å². The Balaban J connectivity index is 3.02. The van der Waals surface area contributed by atoms with Crippen molar-refractivity contribution in [3.8, 4) is 0 Å². The number of aliphatic hydroxyl groups excluding tert-OH is 2. The average Bonchev–Trinajstić information content (AvgIpc) is 2.98. The van der Waals surface area contributed by atoms with Gasteiger partial charge in [-0.25, -0.2) is 0 Å². The first-order valence-electron chi connectivity index (χ1n) is 19.3. The fourth-order valence-electron chi connectivity index (χ4n) is 6.15. The Morgan fingerprint density at radius 1 is 0.195 bits per heavy atom. The standard InChI is InChI=1S/C38H79NO2/c40-37-33-29-25-21-17-13-9-5-2-1-3-7-11-15-19-23-27-31-35-39-36-32-28-24-20-16-12-8-4-6-10-14-18-22-26-30-34-38-41/h39-41H,1-38H2. The fourth-order valence-corrected chi connectivity index (χ4v) is 6.15. The van der Waals surface area contributed by atoms with Gasteiger partial charge in [-0.2, -0.15) is 0 Å². The summed E-state index contributed by atoms with van der Waals surface area (Å²) in [4.78, 5) is 0. The van der Waals surface area contributed by atoms with Gasteiger partial charge in [-0.05, 0) is 38.8 Å². The molecular formula is C38H79NO2. The molecule has 0 saturated heterocycles. The summed E-state index contributed by atoms with van der Waals surface area (Å²) in [5, 5.41) is 21.3. The molecule has 3 nitrogen and oxygen atoms in total. The van der Waals surface area contributed by atoms with Crippen LogP contribution in [-0.4, -0.2) is 36.5 Å². The van der Waals surface area contributed by atoms with E-state index in [0.717, 1.165) is 12.8 Å². The van der Waals surface area contributed by atoms with E-state index in [4.69, 9.17) is 10.2 Å². The molecule has 0 amide bonds. The van der Waals surface area contributed by atoms with Crippen molar-refractivity contribution >= 4 is 0 Å². The van der Waals surface area contributed by atoms with Gasteiger partial charge in [0.1, 0.15) is 0 Å². The second-order valence-corrected chi connectivity index (χ2v) is 13.2. The third kappa shape index (κ3) is 39.9. The van der Waals surface area contributed by atoms with Gasteiger partial charge in [0, 0.05) is 13.2 Å². The molecule has 0 aliphatic carbocycles. The van der Waals surface area contributed by atoms with E-state index in [9.17, 15) is 0 Å². The molecule has 0 aromatic carbocycles. The summed E-state index contributed by atoms with van der Waals surface area (Å²) in [6, 6.07) is 0. The largest absolute Gasteiger partial charge is 0.396 e. The molecule has 0 bridgehead atoms. The van der Waals surface area contributed by atoms with Gasteiger partial charge >= 0.3 is 0 Å².